The second-order valence-corrected chi connectivity index (χ2v) is 14.4. The third-order valence-electron chi connectivity index (χ3n) is 10.6. The van der Waals surface area contributed by atoms with Gasteiger partial charge in [-0.05, 0) is 96.9 Å². The molecule has 8 rings (SSSR count). The summed E-state index contributed by atoms with van der Waals surface area (Å²) in [5, 5.41) is 32.6. The van der Waals surface area contributed by atoms with Crippen LogP contribution in [0.25, 0.3) is 44.7 Å². The molecule has 6 aromatic rings. The summed E-state index contributed by atoms with van der Waals surface area (Å²) in [5.41, 5.74) is 8.53. The molecule has 3 aromatic carbocycles. The summed E-state index contributed by atoms with van der Waals surface area (Å²) in [5.74, 6) is -1.26. The van der Waals surface area contributed by atoms with Gasteiger partial charge in [0.1, 0.15) is 17.1 Å². The molecule has 2 saturated heterocycles. The summed E-state index contributed by atoms with van der Waals surface area (Å²) >= 11 is 0. The van der Waals surface area contributed by atoms with Crippen LogP contribution in [-0.2, 0) is 17.9 Å². The molecule has 2 aliphatic rings. The van der Waals surface area contributed by atoms with E-state index in [1.165, 1.54) is 0 Å². The summed E-state index contributed by atoms with van der Waals surface area (Å²) in [4.78, 5) is 33.4. The lowest BCUT2D eigenvalue weighted by Crippen LogP contribution is -2.22. The van der Waals surface area contributed by atoms with Crippen molar-refractivity contribution in [3.05, 3.63) is 94.4 Å². The van der Waals surface area contributed by atoms with Crippen molar-refractivity contribution in [2.75, 3.05) is 31.5 Å². The van der Waals surface area contributed by atoms with Gasteiger partial charge in [0.25, 0.3) is 6.43 Å². The van der Waals surface area contributed by atoms with Crippen LogP contribution in [-0.4, -0.2) is 78.2 Å². The number of nitrogens with zero attached hydrogens (tertiary/aromatic N) is 7. The van der Waals surface area contributed by atoms with E-state index in [1.54, 1.807) is 18.3 Å². The molecule has 0 radical (unpaired) electrons. The van der Waals surface area contributed by atoms with Gasteiger partial charge in [-0.1, -0.05) is 24.3 Å². The van der Waals surface area contributed by atoms with Crippen LogP contribution in [0.4, 0.5) is 20.3 Å². The van der Waals surface area contributed by atoms with Crippen molar-refractivity contribution in [2.45, 2.75) is 52.3 Å². The van der Waals surface area contributed by atoms with Gasteiger partial charge in [-0.15, -0.1) is 0 Å². The molecule has 0 spiro atoms. The maximum atomic E-state index is 14.1. The number of pyridine rings is 1. The highest BCUT2D eigenvalue weighted by Crippen LogP contribution is 2.38. The van der Waals surface area contributed by atoms with Crippen LogP contribution in [0.3, 0.4) is 0 Å². The minimum atomic E-state index is -2.89. The number of β-amino-alcohol motifs (C(OH)–C–C–N with tert-alkyl or cyclic N) is 1. The van der Waals surface area contributed by atoms with Crippen LogP contribution in [0.1, 0.15) is 52.9 Å². The number of halogens is 2. The van der Waals surface area contributed by atoms with Crippen LogP contribution < -0.4 is 5.32 Å². The molecule has 2 atom stereocenters. The monoisotopic (exact) mass is 744 g/mol. The molecule has 2 fully saturated rings. The van der Waals surface area contributed by atoms with Gasteiger partial charge in [0, 0.05) is 50.2 Å². The fourth-order valence-electron chi connectivity index (χ4n) is 7.73. The van der Waals surface area contributed by atoms with Crippen LogP contribution in [0.2, 0.25) is 0 Å². The molecule has 2 aliphatic heterocycles. The van der Waals surface area contributed by atoms with Crippen LogP contribution >= 0.6 is 0 Å². The maximum absolute atomic E-state index is 14.1. The van der Waals surface area contributed by atoms with E-state index in [0.29, 0.717) is 84.8 Å². The predicted octanol–water partition coefficient (Wildman–Crippen LogP) is 7.14. The number of carboxylic acid groups (broad SMARTS) is 1. The molecular formula is C41H38F2N8O4. The van der Waals surface area contributed by atoms with Crippen LogP contribution in [0.15, 0.2) is 65.2 Å². The first-order valence-corrected chi connectivity index (χ1v) is 18.2. The lowest BCUT2D eigenvalue weighted by atomic mass is 9.93. The lowest BCUT2D eigenvalue weighted by molar-refractivity contribution is -0.141. The van der Waals surface area contributed by atoms with E-state index in [-0.39, 0.29) is 11.9 Å². The number of hydrogen-bond acceptors (Lipinski definition) is 11. The Bertz CT molecular complexity index is 2500. The van der Waals surface area contributed by atoms with Gasteiger partial charge in [0.15, 0.2) is 17.2 Å². The zero-order chi connectivity index (χ0) is 38.4. The van der Waals surface area contributed by atoms with Crippen molar-refractivity contribution in [3.63, 3.8) is 0 Å². The summed E-state index contributed by atoms with van der Waals surface area (Å²) in [6.45, 7) is 7.35. The SMILES string of the molecule is Cc1c(Nc2nc(C(F)F)nc3cc(CN4CC[C@@H](O)C4)cnc23)cccc1-c1cccc(-c2nc3cc(CN4CC[C@@H](C(=O)O)C4)cc(C#N)c3o2)c1C. The Morgan fingerprint density at radius 3 is 2.38 bits per heavy atom. The summed E-state index contributed by atoms with van der Waals surface area (Å²) in [6, 6.07) is 19.2. The number of benzene rings is 3. The Morgan fingerprint density at radius 2 is 1.65 bits per heavy atom. The highest BCUT2D eigenvalue weighted by atomic mass is 19.3. The zero-order valence-corrected chi connectivity index (χ0v) is 30.3. The molecule has 3 aromatic heterocycles. The largest absolute Gasteiger partial charge is 0.481 e. The molecule has 0 amide bonds. The van der Waals surface area contributed by atoms with E-state index in [9.17, 15) is 29.1 Å². The summed E-state index contributed by atoms with van der Waals surface area (Å²) < 4.78 is 34.4. The molecule has 55 heavy (non-hydrogen) atoms. The van der Waals surface area contributed by atoms with Gasteiger partial charge < -0.3 is 19.9 Å². The summed E-state index contributed by atoms with van der Waals surface area (Å²) in [7, 11) is 0. The van der Waals surface area contributed by atoms with Gasteiger partial charge in [-0.2, -0.15) is 5.26 Å². The number of oxazole rings is 1. The predicted molar refractivity (Wildman–Crippen MR) is 202 cm³/mol. The number of aliphatic hydroxyl groups excluding tert-OH is 1. The van der Waals surface area contributed by atoms with Crippen LogP contribution in [0.5, 0.6) is 0 Å². The molecule has 5 heterocycles. The van der Waals surface area contributed by atoms with Crippen molar-refractivity contribution >= 4 is 39.6 Å². The first kappa shape index (κ1) is 36.1. The minimum Gasteiger partial charge on any atom is -0.481 e. The van der Waals surface area contributed by atoms with E-state index < -0.39 is 24.1 Å². The van der Waals surface area contributed by atoms with E-state index in [0.717, 1.165) is 45.5 Å². The standard InChI is InChI=1S/C41H38F2N8O4/c1-22-29(5-3-7-31(22)40-48-34-14-24(13-27(16-44)36(34)55-40)18-50-11-9-26(20-50)41(53)54)30-6-4-8-32(23(30)2)46-38-35-33(47-39(49-38)37(42)43)15-25(17-45-35)19-51-12-10-28(52)21-51/h3-8,13-15,17,26,28,37,52H,9-12,18-21H2,1-2H3,(H,53,54)(H,46,47,49)/t26-,28-/m1/s1. The molecular weight excluding hydrogens is 706 g/mol. The number of nitrogens with one attached hydrogen (secondary N) is 1. The minimum absolute atomic E-state index is 0.166. The number of likely N-dealkylation sites (tertiary alicyclic amines) is 2. The van der Waals surface area contributed by atoms with Crippen molar-refractivity contribution in [3.8, 4) is 28.7 Å². The number of anilines is 2. The van der Waals surface area contributed by atoms with E-state index in [1.807, 2.05) is 56.3 Å². The number of carboxylic acids is 1. The third kappa shape index (κ3) is 7.21. The second-order valence-electron chi connectivity index (χ2n) is 14.4. The topological polar surface area (TPSA) is 165 Å². The molecule has 3 N–H and O–H groups in total. The molecule has 0 aliphatic carbocycles. The number of hydrogen-bond donors (Lipinski definition) is 3. The molecule has 14 heteroatoms. The Hall–Kier alpha value is -5.88. The number of alkyl halides is 2. The Labute approximate surface area is 315 Å². The molecule has 0 bridgehead atoms. The Balaban J connectivity index is 1.10. The van der Waals surface area contributed by atoms with Gasteiger partial charge in [-0.3, -0.25) is 19.6 Å². The average molecular weight is 745 g/mol. The fourth-order valence-corrected chi connectivity index (χ4v) is 7.73. The van der Waals surface area contributed by atoms with Gasteiger partial charge in [-0.25, -0.2) is 23.7 Å². The van der Waals surface area contributed by atoms with Gasteiger partial charge in [0.05, 0.1) is 23.1 Å². The number of nitriles is 1. The van der Waals surface area contributed by atoms with Crippen molar-refractivity contribution in [1.82, 2.24) is 29.7 Å². The number of rotatable bonds is 10. The van der Waals surface area contributed by atoms with Crippen molar-refractivity contribution < 1.29 is 28.2 Å². The Kier molecular flexibility index (Phi) is 9.68. The quantitative estimate of drug-likeness (QED) is 0.130. The number of aromatic nitrogens is 4. The van der Waals surface area contributed by atoms with Gasteiger partial charge in [0.2, 0.25) is 5.89 Å². The van der Waals surface area contributed by atoms with E-state index >= 15 is 0 Å². The molecule has 12 nitrogen and oxygen atoms in total. The van der Waals surface area contributed by atoms with E-state index in [4.69, 9.17) is 9.40 Å². The average Bonchev–Trinajstić information content (AvgIpc) is 3.92. The zero-order valence-electron chi connectivity index (χ0n) is 30.3. The van der Waals surface area contributed by atoms with Gasteiger partial charge >= 0.3 is 5.97 Å². The maximum Gasteiger partial charge on any atom is 0.307 e. The van der Waals surface area contributed by atoms with Crippen molar-refractivity contribution in [2.24, 2.45) is 5.92 Å². The smallest absolute Gasteiger partial charge is 0.307 e. The van der Waals surface area contributed by atoms with E-state index in [2.05, 4.69) is 36.1 Å². The summed E-state index contributed by atoms with van der Waals surface area (Å²) in [6.07, 6.45) is -0.293. The number of aliphatic hydroxyl groups is 1. The van der Waals surface area contributed by atoms with Crippen molar-refractivity contribution in [1.29, 1.82) is 5.26 Å². The Morgan fingerprint density at radius 1 is 0.945 bits per heavy atom. The highest BCUT2D eigenvalue weighted by molar-refractivity contribution is 5.90. The molecule has 0 saturated carbocycles. The normalized spacial score (nSPS) is 17.8. The highest BCUT2D eigenvalue weighted by Gasteiger charge is 2.28. The number of carbonyl (C=O) groups is 1. The lowest BCUT2D eigenvalue weighted by Gasteiger charge is -2.17. The van der Waals surface area contributed by atoms with Crippen LogP contribution in [0, 0.1) is 31.1 Å². The fraction of sp³-hybridized carbons (Fsp3) is 0.317. The molecule has 280 valence electrons. The number of fused-ring (bicyclic) bond motifs is 2. The first-order chi connectivity index (χ1) is 26.5. The third-order valence-corrected chi connectivity index (χ3v) is 10.6. The second kappa shape index (κ2) is 14.7. The first-order valence-electron chi connectivity index (χ1n) is 18.2. The number of aliphatic carboxylic acids is 1. The molecule has 0 unspecified atom stereocenters.